The van der Waals surface area contributed by atoms with Crippen LogP contribution in [-0.4, -0.2) is 42.4 Å². The fourth-order valence-corrected chi connectivity index (χ4v) is 1.61. The number of nitrogens with zero attached hydrogens (tertiary/aromatic N) is 1. The Morgan fingerprint density at radius 3 is 2.56 bits per heavy atom. The number of halogens is 1. The van der Waals surface area contributed by atoms with E-state index in [1.165, 1.54) is 4.90 Å². The van der Waals surface area contributed by atoms with Crippen molar-refractivity contribution in [3.8, 4) is 0 Å². The summed E-state index contributed by atoms with van der Waals surface area (Å²) in [6.07, 6.45) is -0.889. The number of likely N-dealkylation sites (tertiary alicyclic amines) is 1. The van der Waals surface area contributed by atoms with Crippen LogP contribution in [0.4, 0.5) is 9.18 Å². The number of nitrogens with two attached hydrogens (primary N) is 1. The minimum atomic E-state index is -0.899. The summed E-state index contributed by atoms with van der Waals surface area (Å²) in [5.74, 6) is -0.0731. The third-order valence-electron chi connectivity index (χ3n) is 2.52. The van der Waals surface area contributed by atoms with Gasteiger partial charge < -0.3 is 15.4 Å². The van der Waals surface area contributed by atoms with Crippen LogP contribution in [-0.2, 0) is 4.74 Å². The van der Waals surface area contributed by atoms with Gasteiger partial charge in [0.1, 0.15) is 11.8 Å². The Hall–Kier alpha value is -0.840. The maximum atomic E-state index is 13.4. The molecule has 0 saturated carbocycles. The first-order valence-corrected chi connectivity index (χ1v) is 5.65. The Balaban J connectivity index is 2.28. The monoisotopic (exact) mass is 232 g/mol. The average molecular weight is 232 g/mol. The van der Waals surface area contributed by atoms with E-state index in [4.69, 9.17) is 10.5 Å². The zero-order valence-corrected chi connectivity index (χ0v) is 10.2. The van der Waals surface area contributed by atoms with Crippen molar-refractivity contribution in [1.82, 2.24) is 4.90 Å². The molecule has 0 spiro atoms. The lowest BCUT2D eigenvalue weighted by Crippen LogP contribution is -2.54. The summed E-state index contributed by atoms with van der Waals surface area (Å²) in [6.45, 7) is 6.67. The lowest BCUT2D eigenvalue weighted by Gasteiger charge is -2.41. The average Bonchev–Trinajstić information content (AvgIpc) is 1.97. The van der Waals surface area contributed by atoms with E-state index >= 15 is 0 Å². The van der Waals surface area contributed by atoms with E-state index in [1.807, 2.05) is 20.8 Å². The van der Waals surface area contributed by atoms with Gasteiger partial charge in [0.05, 0.1) is 0 Å². The molecule has 16 heavy (non-hydrogen) atoms. The highest BCUT2D eigenvalue weighted by atomic mass is 19.1. The van der Waals surface area contributed by atoms with E-state index in [0.717, 1.165) is 0 Å². The topological polar surface area (TPSA) is 55.6 Å². The fraction of sp³-hybridized carbons (Fsp3) is 0.909. The summed E-state index contributed by atoms with van der Waals surface area (Å²) in [7, 11) is 0. The van der Waals surface area contributed by atoms with E-state index in [2.05, 4.69) is 0 Å². The van der Waals surface area contributed by atoms with Gasteiger partial charge in [-0.15, -0.1) is 0 Å². The highest BCUT2D eigenvalue weighted by Crippen LogP contribution is 2.25. The Bertz CT molecular complexity index is 247. The summed E-state index contributed by atoms with van der Waals surface area (Å²) < 4.78 is 18.5. The SMILES string of the molecule is CC(C)(C)OC(=O)N1CC(C(F)CCN)C1. The van der Waals surface area contributed by atoms with E-state index in [-0.39, 0.29) is 12.0 Å². The van der Waals surface area contributed by atoms with E-state index < -0.39 is 11.8 Å². The molecule has 1 saturated heterocycles. The number of ether oxygens (including phenoxy) is 1. The van der Waals surface area contributed by atoms with Gasteiger partial charge in [-0.2, -0.15) is 0 Å². The van der Waals surface area contributed by atoms with E-state index in [9.17, 15) is 9.18 Å². The molecule has 1 amide bonds. The number of hydrogen-bond acceptors (Lipinski definition) is 3. The van der Waals surface area contributed by atoms with Crippen molar-refractivity contribution >= 4 is 6.09 Å². The van der Waals surface area contributed by atoms with Gasteiger partial charge in [0.15, 0.2) is 0 Å². The van der Waals surface area contributed by atoms with Crippen molar-refractivity contribution in [2.75, 3.05) is 19.6 Å². The standard InChI is InChI=1S/C11H21FN2O2/c1-11(2,3)16-10(15)14-6-8(7-14)9(12)4-5-13/h8-9H,4-7,13H2,1-3H3. The fourth-order valence-electron chi connectivity index (χ4n) is 1.61. The minimum Gasteiger partial charge on any atom is -0.444 e. The zero-order chi connectivity index (χ0) is 12.3. The van der Waals surface area contributed by atoms with Gasteiger partial charge in [0, 0.05) is 19.0 Å². The van der Waals surface area contributed by atoms with Gasteiger partial charge in [-0.05, 0) is 33.7 Å². The van der Waals surface area contributed by atoms with Crippen LogP contribution in [0.1, 0.15) is 27.2 Å². The molecule has 4 nitrogen and oxygen atoms in total. The largest absolute Gasteiger partial charge is 0.444 e. The Labute approximate surface area is 95.9 Å². The molecular formula is C11H21FN2O2. The maximum absolute atomic E-state index is 13.4. The molecule has 5 heteroatoms. The number of amides is 1. The first-order chi connectivity index (χ1) is 7.33. The molecule has 0 aromatic heterocycles. The van der Waals surface area contributed by atoms with Crippen LogP contribution in [0.2, 0.25) is 0 Å². The van der Waals surface area contributed by atoms with Crippen LogP contribution in [0.5, 0.6) is 0 Å². The zero-order valence-electron chi connectivity index (χ0n) is 10.2. The van der Waals surface area contributed by atoms with Gasteiger partial charge >= 0.3 is 6.09 Å². The van der Waals surface area contributed by atoms with Gasteiger partial charge in [0.2, 0.25) is 0 Å². The van der Waals surface area contributed by atoms with E-state index in [1.54, 1.807) is 0 Å². The first-order valence-electron chi connectivity index (χ1n) is 5.65. The molecule has 1 heterocycles. The van der Waals surface area contributed by atoms with E-state index in [0.29, 0.717) is 26.1 Å². The van der Waals surface area contributed by atoms with Crippen molar-refractivity contribution < 1.29 is 13.9 Å². The van der Waals surface area contributed by atoms with Crippen molar-refractivity contribution in [2.24, 2.45) is 11.7 Å². The third kappa shape index (κ3) is 3.63. The van der Waals surface area contributed by atoms with Crippen molar-refractivity contribution in [2.45, 2.75) is 39.0 Å². The van der Waals surface area contributed by atoms with Gasteiger partial charge in [0.25, 0.3) is 0 Å². The summed E-state index contributed by atoms with van der Waals surface area (Å²) in [5, 5.41) is 0. The van der Waals surface area contributed by atoms with Crippen LogP contribution in [0.25, 0.3) is 0 Å². The number of carbonyl (C=O) groups is 1. The number of hydrogen-bond donors (Lipinski definition) is 1. The quantitative estimate of drug-likeness (QED) is 0.803. The van der Waals surface area contributed by atoms with Gasteiger partial charge in [-0.1, -0.05) is 0 Å². The predicted molar refractivity (Wildman–Crippen MR) is 59.9 cm³/mol. The molecule has 94 valence electrons. The van der Waals surface area contributed by atoms with Gasteiger partial charge in [-0.25, -0.2) is 9.18 Å². The second-order valence-corrected chi connectivity index (χ2v) is 5.24. The first kappa shape index (κ1) is 13.2. The number of alkyl halides is 1. The van der Waals surface area contributed by atoms with Crippen LogP contribution in [0.3, 0.4) is 0 Å². The van der Waals surface area contributed by atoms with Crippen LogP contribution in [0.15, 0.2) is 0 Å². The van der Waals surface area contributed by atoms with Crippen LogP contribution >= 0.6 is 0 Å². The van der Waals surface area contributed by atoms with Crippen molar-refractivity contribution in [1.29, 1.82) is 0 Å². The molecule has 1 aliphatic rings. The third-order valence-corrected chi connectivity index (χ3v) is 2.52. The summed E-state index contributed by atoms with van der Waals surface area (Å²) in [5.41, 5.74) is 4.79. The summed E-state index contributed by atoms with van der Waals surface area (Å²) >= 11 is 0. The normalized spacial score (nSPS) is 19.2. The lowest BCUT2D eigenvalue weighted by molar-refractivity contribution is -0.0156. The van der Waals surface area contributed by atoms with Crippen molar-refractivity contribution in [3.63, 3.8) is 0 Å². The molecule has 1 fully saturated rings. The summed E-state index contributed by atoms with van der Waals surface area (Å²) in [6, 6.07) is 0. The second kappa shape index (κ2) is 4.99. The Morgan fingerprint density at radius 1 is 1.56 bits per heavy atom. The highest BCUT2D eigenvalue weighted by Gasteiger charge is 2.37. The molecule has 0 bridgehead atoms. The molecular weight excluding hydrogens is 211 g/mol. The lowest BCUT2D eigenvalue weighted by atomic mass is 9.93. The molecule has 1 unspecified atom stereocenters. The van der Waals surface area contributed by atoms with Crippen LogP contribution < -0.4 is 5.73 Å². The Morgan fingerprint density at radius 2 is 2.12 bits per heavy atom. The smallest absolute Gasteiger partial charge is 0.410 e. The predicted octanol–water partition coefficient (Wildman–Crippen LogP) is 1.54. The molecule has 2 N–H and O–H groups in total. The second-order valence-electron chi connectivity index (χ2n) is 5.24. The molecule has 0 aromatic rings. The molecule has 1 rings (SSSR count). The molecule has 1 atom stereocenters. The van der Waals surface area contributed by atoms with Gasteiger partial charge in [-0.3, -0.25) is 0 Å². The van der Waals surface area contributed by atoms with Crippen LogP contribution in [0, 0.1) is 5.92 Å². The highest BCUT2D eigenvalue weighted by molar-refractivity contribution is 5.69. The maximum Gasteiger partial charge on any atom is 0.410 e. The van der Waals surface area contributed by atoms with Crippen molar-refractivity contribution in [3.05, 3.63) is 0 Å². The molecule has 0 radical (unpaired) electrons. The number of rotatable bonds is 3. The minimum absolute atomic E-state index is 0.0731. The molecule has 0 aliphatic carbocycles. The summed E-state index contributed by atoms with van der Waals surface area (Å²) in [4.78, 5) is 13.1. The Kier molecular flexibility index (Phi) is 4.13. The molecule has 1 aliphatic heterocycles. The molecule has 0 aromatic carbocycles. The number of carbonyl (C=O) groups excluding carboxylic acids is 1.